The molecule has 0 aliphatic rings. The zero-order valence-electron chi connectivity index (χ0n) is 25.3. The zero-order valence-corrected chi connectivity index (χ0v) is 25.3. The second-order valence-corrected chi connectivity index (χ2v) is 9.84. The number of carbonyl (C=O) groups excluding carboxylic acids is 8. The van der Waals surface area contributed by atoms with Crippen molar-refractivity contribution in [2.24, 2.45) is 33.7 Å². The summed E-state index contributed by atoms with van der Waals surface area (Å²) < 4.78 is 0. The molecule has 0 aromatic rings. The van der Waals surface area contributed by atoms with Crippen molar-refractivity contribution in [3.63, 3.8) is 0 Å². The molecule has 21 nitrogen and oxygen atoms in total. The molecule has 0 bridgehead atoms. The summed E-state index contributed by atoms with van der Waals surface area (Å²) in [6, 6.07) is -7.80. The summed E-state index contributed by atoms with van der Waals surface area (Å²) in [6.45, 7) is 2.62. The molecule has 17 N–H and O–H groups in total. The molecule has 0 aromatic heterocycles. The molecule has 0 heterocycles. The number of carbonyl (C=O) groups is 8. The maximum absolute atomic E-state index is 12.6. The van der Waals surface area contributed by atoms with Gasteiger partial charge in [0.1, 0.15) is 36.3 Å². The highest BCUT2D eigenvalue weighted by atomic mass is 16.3. The SMILES string of the molecule is CC(NC(=O)C(C)NC(=O)C(CC(N)=O)NC(=O)CN)C(=O)NC(CO)C(=O)NC(C)C(=O)NC(CCCN=C(N)N)C(N)=O. The maximum atomic E-state index is 12.6. The summed E-state index contributed by atoms with van der Waals surface area (Å²) >= 11 is 0. The third-order valence-electron chi connectivity index (χ3n) is 5.92. The van der Waals surface area contributed by atoms with Gasteiger partial charge in [-0.25, -0.2) is 0 Å². The molecule has 21 heteroatoms. The Morgan fingerprint density at radius 3 is 1.51 bits per heavy atom. The van der Waals surface area contributed by atoms with Gasteiger partial charge in [-0.15, -0.1) is 0 Å². The van der Waals surface area contributed by atoms with Gasteiger partial charge >= 0.3 is 0 Å². The molecule has 0 spiro atoms. The Hall–Kier alpha value is -5.05. The fraction of sp³-hybridized carbons (Fsp3) is 0.625. The molecule has 0 aliphatic carbocycles. The van der Waals surface area contributed by atoms with Crippen LogP contribution in [-0.2, 0) is 38.4 Å². The third kappa shape index (κ3) is 15.8. The van der Waals surface area contributed by atoms with E-state index in [4.69, 9.17) is 28.7 Å². The molecule has 0 radical (unpaired) electrons. The molecule has 254 valence electrons. The minimum atomic E-state index is -1.54. The first-order valence-corrected chi connectivity index (χ1v) is 13.7. The zero-order chi connectivity index (χ0) is 34.9. The number of hydrogen-bond donors (Lipinski definition) is 12. The molecule has 0 saturated heterocycles. The van der Waals surface area contributed by atoms with E-state index in [9.17, 15) is 43.5 Å². The number of nitrogens with two attached hydrogens (primary N) is 5. The van der Waals surface area contributed by atoms with Gasteiger partial charge in [-0.05, 0) is 33.6 Å². The Balaban J connectivity index is 5.07. The Morgan fingerprint density at radius 1 is 0.644 bits per heavy atom. The Labute approximate surface area is 258 Å². The molecule has 0 fully saturated rings. The van der Waals surface area contributed by atoms with Crippen molar-refractivity contribution in [3.8, 4) is 0 Å². The van der Waals surface area contributed by atoms with Gasteiger partial charge in [0, 0.05) is 6.54 Å². The Bertz CT molecular complexity index is 1130. The van der Waals surface area contributed by atoms with Crippen LogP contribution in [0.25, 0.3) is 0 Å². The van der Waals surface area contributed by atoms with Gasteiger partial charge in [0.25, 0.3) is 0 Å². The van der Waals surface area contributed by atoms with Gasteiger partial charge in [0.05, 0.1) is 19.6 Å². The smallest absolute Gasteiger partial charge is 0.245 e. The topological polar surface area (TPSA) is 371 Å². The van der Waals surface area contributed by atoms with Crippen LogP contribution in [-0.4, -0.2) is 114 Å². The Kier molecular flexibility index (Phi) is 17.8. The summed E-state index contributed by atoms with van der Waals surface area (Å²) in [4.78, 5) is 101. The highest BCUT2D eigenvalue weighted by Crippen LogP contribution is 2.00. The highest BCUT2D eigenvalue weighted by molar-refractivity contribution is 5.97. The normalized spacial score (nSPS) is 14.5. The van der Waals surface area contributed by atoms with E-state index in [1.807, 2.05) is 0 Å². The van der Waals surface area contributed by atoms with Gasteiger partial charge in [-0.2, -0.15) is 0 Å². The minimum Gasteiger partial charge on any atom is -0.394 e. The summed E-state index contributed by atoms with van der Waals surface area (Å²) in [7, 11) is 0. The van der Waals surface area contributed by atoms with Crippen molar-refractivity contribution in [3.05, 3.63) is 0 Å². The van der Waals surface area contributed by atoms with E-state index in [1.165, 1.54) is 20.8 Å². The molecular weight excluding hydrogens is 600 g/mol. The second kappa shape index (κ2) is 20.0. The Morgan fingerprint density at radius 2 is 1.09 bits per heavy atom. The summed E-state index contributed by atoms with van der Waals surface area (Å²) in [5.41, 5.74) is 26.1. The molecule has 6 atom stereocenters. The molecule has 8 amide bonds. The first-order valence-electron chi connectivity index (χ1n) is 13.7. The van der Waals surface area contributed by atoms with Crippen molar-refractivity contribution in [1.29, 1.82) is 0 Å². The fourth-order valence-electron chi connectivity index (χ4n) is 3.40. The van der Waals surface area contributed by atoms with E-state index >= 15 is 0 Å². The van der Waals surface area contributed by atoms with Crippen molar-refractivity contribution >= 4 is 53.2 Å². The second-order valence-electron chi connectivity index (χ2n) is 9.84. The first-order chi connectivity index (χ1) is 20.9. The lowest BCUT2D eigenvalue weighted by molar-refractivity contribution is -0.135. The van der Waals surface area contributed by atoms with Gasteiger partial charge in [0.2, 0.25) is 47.3 Å². The number of aliphatic imine (C=N–C) groups is 1. The largest absolute Gasteiger partial charge is 0.394 e. The standard InChI is InChI=1S/C24H44N12O9/c1-10(32-22(44)14(7-16(26)38)34-17(39)8-25)19(41)31-11(2)21(43)36-15(9-37)23(45)33-12(3)20(42)35-13(18(27)40)5-4-6-30-24(28)29/h10-15,37H,4-9,25H2,1-3H3,(H2,26,38)(H2,27,40)(H,31,41)(H,32,44)(H,33,45)(H,34,39)(H,35,42)(H,36,43)(H4,28,29,30). The fourth-order valence-corrected chi connectivity index (χ4v) is 3.40. The van der Waals surface area contributed by atoms with Crippen molar-refractivity contribution < 1.29 is 43.5 Å². The number of amides is 8. The molecule has 0 rings (SSSR count). The summed E-state index contributed by atoms with van der Waals surface area (Å²) in [5.74, 6) is -7.06. The quantitative estimate of drug-likeness (QED) is 0.0334. The lowest BCUT2D eigenvalue weighted by Crippen LogP contribution is -2.59. The number of primary amides is 2. The van der Waals surface area contributed by atoms with Gasteiger partial charge < -0.3 is 65.7 Å². The van der Waals surface area contributed by atoms with E-state index < -0.39 is 103 Å². The van der Waals surface area contributed by atoms with Gasteiger partial charge in [-0.1, -0.05) is 0 Å². The average Bonchev–Trinajstić information content (AvgIpc) is 2.95. The van der Waals surface area contributed by atoms with Crippen LogP contribution in [0.1, 0.15) is 40.0 Å². The number of hydrogen-bond acceptors (Lipinski definition) is 11. The lowest BCUT2D eigenvalue weighted by Gasteiger charge is -2.24. The van der Waals surface area contributed by atoms with E-state index in [1.54, 1.807) is 0 Å². The summed E-state index contributed by atoms with van der Waals surface area (Å²) in [5, 5.41) is 23.3. The number of aliphatic hydroxyl groups excluding tert-OH is 1. The maximum Gasteiger partial charge on any atom is 0.245 e. The van der Waals surface area contributed by atoms with Crippen LogP contribution in [0.3, 0.4) is 0 Å². The predicted octanol–water partition coefficient (Wildman–Crippen LogP) is -7.68. The number of nitrogens with zero attached hydrogens (tertiary/aromatic N) is 1. The summed E-state index contributed by atoms with van der Waals surface area (Å²) in [6.07, 6.45) is -0.144. The highest BCUT2D eigenvalue weighted by Gasteiger charge is 2.30. The van der Waals surface area contributed by atoms with Crippen LogP contribution < -0.4 is 60.6 Å². The van der Waals surface area contributed by atoms with Crippen molar-refractivity contribution in [1.82, 2.24) is 31.9 Å². The van der Waals surface area contributed by atoms with E-state index in [0.29, 0.717) is 6.42 Å². The van der Waals surface area contributed by atoms with Crippen LogP contribution in [0.15, 0.2) is 4.99 Å². The molecule has 45 heavy (non-hydrogen) atoms. The van der Waals surface area contributed by atoms with Crippen molar-refractivity contribution in [2.45, 2.75) is 76.3 Å². The molecule has 0 saturated carbocycles. The third-order valence-corrected chi connectivity index (χ3v) is 5.92. The number of nitrogens with one attached hydrogen (secondary N) is 6. The van der Waals surface area contributed by atoms with Crippen LogP contribution in [0.2, 0.25) is 0 Å². The average molecular weight is 645 g/mol. The number of rotatable bonds is 20. The van der Waals surface area contributed by atoms with Crippen LogP contribution in [0.5, 0.6) is 0 Å². The van der Waals surface area contributed by atoms with Crippen LogP contribution >= 0.6 is 0 Å². The van der Waals surface area contributed by atoms with Crippen LogP contribution in [0.4, 0.5) is 0 Å². The molecular formula is C24H44N12O9. The van der Waals surface area contributed by atoms with E-state index in [0.717, 1.165) is 0 Å². The number of aliphatic hydroxyl groups is 1. The lowest BCUT2D eigenvalue weighted by atomic mass is 10.1. The number of guanidine groups is 1. The van der Waals surface area contributed by atoms with Crippen molar-refractivity contribution in [2.75, 3.05) is 19.7 Å². The predicted molar refractivity (Wildman–Crippen MR) is 158 cm³/mol. The molecule has 6 unspecified atom stereocenters. The van der Waals surface area contributed by atoms with E-state index in [2.05, 4.69) is 36.9 Å². The van der Waals surface area contributed by atoms with E-state index in [-0.39, 0.29) is 18.9 Å². The minimum absolute atomic E-state index is 0.110. The monoisotopic (exact) mass is 644 g/mol. The molecule has 0 aliphatic heterocycles. The molecule has 0 aromatic carbocycles. The first kappa shape index (κ1) is 39.9. The van der Waals surface area contributed by atoms with Gasteiger partial charge in [-0.3, -0.25) is 43.3 Å². The van der Waals surface area contributed by atoms with Crippen LogP contribution in [0, 0.1) is 0 Å². The van der Waals surface area contributed by atoms with Gasteiger partial charge in [0.15, 0.2) is 5.96 Å².